The van der Waals surface area contributed by atoms with Gasteiger partial charge in [0.1, 0.15) is 6.26 Å². The molecule has 0 bridgehead atoms. The highest BCUT2D eigenvalue weighted by atomic mass is 16.3. The predicted molar refractivity (Wildman–Crippen MR) is 51.8 cm³/mol. The Bertz CT molecular complexity index is 343. The van der Waals surface area contributed by atoms with Crippen molar-refractivity contribution < 1.29 is 4.42 Å². The first-order valence-electron chi connectivity index (χ1n) is 4.67. The molecular formula is C10H13N3O. The van der Waals surface area contributed by atoms with E-state index in [1.807, 2.05) is 6.07 Å². The molecule has 2 heterocycles. The molecule has 0 radical (unpaired) electrons. The molecule has 0 saturated heterocycles. The Kier molecular flexibility index (Phi) is 2.11. The van der Waals surface area contributed by atoms with Crippen LogP contribution in [0.1, 0.15) is 31.9 Å². The molecule has 0 aliphatic rings. The van der Waals surface area contributed by atoms with E-state index in [4.69, 9.17) is 4.42 Å². The number of nitrogens with one attached hydrogen (secondary N) is 1. The van der Waals surface area contributed by atoms with Crippen LogP contribution in [0, 0.1) is 0 Å². The van der Waals surface area contributed by atoms with Crippen LogP contribution in [0.5, 0.6) is 0 Å². The van der Waals surface area contributed by atoms with Gasteiger partial charge in [0, 0.05) is 6.20 Å². The van der Waals surface area contributed by atoms with Crippen LogP contribution in [0.4, 0.5) is 0 Å². The Labute approximate surface area is 82.4 Å². The number of nitrogens with zero attached hydrogens (tertiary/aromatic N) is 2. The maximum Gasteiger partial charge on any atom is 0.205 e. The highest BCUT2D eigenvalue weighted by molar-refractivity contribution is 5.22. The zero-order valence-electron chi connectivity index (χ0n) is 8.32. The summed E-state index contributed by atoms with van der Waals surface area (Å²) in [6.07, 6.45) is 5.92. The minimum absolute atomic E-state index is 0.208. The summed E-state index contributed by atoms with van der Waals surface area (Å²) in [5.74, 6) is 0.726. The van der Waals surface area contributed by atoms with Crippen LogP contribution >= 0.6 is 0 Å². The van der Waals surface area contributed by atoms with Crippen LogP contribution < -0.4 is 0 Å². The summed E-state index contributed by atoms with van der Waals surface area (Å²) in [5, 5.41) is 6.92. The van der Waals surface area contributed by atoms with Gasteiger partial charge in [0.2, 0.25) is 5.89 Å². The van der Waals surface area contributed by atoms with Gasteiger partial charge in [0.15, 0.2) is 0 Å². The van der Waals surface area contributed by atoms with Crippen LogP contribution in [-0.4, -0.2) is 15.2 Å². The smallest absolute Gasteiger partial charge is 0.205 e. The number of aromatic amines is 1. The lowest BCUT2D eigenvalue weighted by Crippen LogP contribution is -2.23. The number of aromatic nitrogens is 3. The Morgan fingerprint density at radius 3 is 2.86 bits per heavy atom. The molecule has 0 aliphatic heterocycles. The molecule has 1 unspecified atom stereocenters. The van der Waals surface area contributed by atoms with Gasteiger partial charge in [-0.05, 0) is 19.4 Å². The summed E-state index contributed by atoms with van der Waals surface area (Å²) in [7, 11) is 0. The Morgan fingerprint density at radius 2 is 2.36 bits per heavy atom. The average molecular weight is 191 g/mol. The summed E-state index contributed by atoms with van der Waals surface area (Å²) in [6, 6.07) is 1.95. The normalized spacial score (nSPS) is 15.3. The second-order valence-electron chi connectivity index (χ2n) is 3.49. The highest BCUT2D eigenvalue weighted by Crippen LogP contribution is 2.32. The van der Waals surface area contributed by atoms with Crippen molar-refractivity contribution in [3.8, 4) is 0 Å². The van der Waals surface area contributed by atoms with Gasteiger partial charge in [-0.15, -0.1) is 0 Å². The molecule has 0 amide bonds. The van der Waals surface area contributed by atoms with E-state index in [1.54, 1.807) is 18.7 Å². The number of rotatable bonds is 3. The lowest BCUT2D eigenvalue weighted by Gasteiger charge is -2.22. The lowest BCUT2D eigenvalue weighted by molar-refractivity contribution is 0.375. The third-order valence-electron chi connectivity index (χ3n) is 2.71. The molecule has 1 atom stereocenters. The van der Waals surface area contributed by atoms with Crippen molar-refractivity contribution >= 4 is 0 Å². The van der Waals surface area contributed by atoms with Gasteiger partial charge in [-0.2, -0.15) is 5.10 Å². The van der Waals surface area contributed by atoms with Crippen molar-refractivity contribution in [2.24, 2.45) is 0 Å². The van der Waals surface area contributed by atoms with Gasteiger partial charge in [-0.25, -0.2) is 4.98 Å². The van der Waals surface area contributed by atoms with Crippen molar-refractivity contribution in [3.63, 3.8) is 0 Å². The second-order valence-corrected chi connectivity index (χ2v) is 3.49. The van der Waals surface area contributed by atoms with E-state index in [1.165, 1.54) is 0 Å². The second kappa shape index (κ2) is 3.29. The van der Waals surface area contributed by atoms with Crippen molar-refractivity contribution in [1.82, 2.24) is 15.2 Å². The maximum atomic E-state index is 5.35. The quantitative estimate of drug-likeness (QED) is 0.808. The zero-order chi connectivity index (χ0) is 10.0. The molecule has 2 aromatic rings. The topological polar surface area (TPSA) is 54.7 Å². The molecule has 4 nitrogen and oxygen atoms in total. The molecule has 0 spiro atoms. The largest absolute Gasteiger partial charge is 0.448 e. The van der Waals surface area contributed by atoms with Gasteiger partial charge < -0.3 is 4.42 Å². The summed E-state index contributed by atoms with van der Waals surface area (Å²) < 4.78 is 5.35. The average Bonchev–Trinajstić information content (AvgIpc) is 2.88. The molecule has 0 fully saturated rings. The predicted octanol–water partition coefficient (Wildman–Crippen LogP) is 2.11. The number of hydrogen-bond acceptors (Lipinski definition) is 3. The molecule has 0 aliphatic carbocycles. The Balaban J connectivity index is 2.45. The van der Waals surface area contributed by atoms with E-state index in [0.717, 1.165) is 18.0 Å². The third kappa shape index (κ3) is 1.23. The minimum Gasteiger partial charge on any atom is -0.448 e. The Morgan fingerprint density at radius 1 is 1.50 bits per heavy atom. The molecule has 0 saturated carbocycles. The van der Waals surface area contributed by atoms with Crippen LogP contribution in [0.15, 0.2) is 29.1 Å². The van der Waals surface area contributed by atoms with Crippen LogP contribution in [0.25, 0.3) is 0 Å². The summed E-state index contributed by atoms with van der Waals surface area (Å²) >= 11 is 0. The molecule has 1 N–H and O–H groups in total. The number of oxazole rings is 1. The highest BCUT2D eigenvalue weighted by Gasteiger charge is 2.32. The van der Waals surface area contributed by atoms with Gasteiger partial charge in [-0.3, -0.25) is 5.10 Å². The zero-order valence-corrected chi connectivity index (χ0v) is 8.32. The van der Waals surface area contributed by atoms with Gasteiger partial charge >= 0.3 is 0 Å². The molecular weight excluding hydrogens is 178 g/mol. The number of H-pyrrole nitrogens is 1. The van der Waals surface area contributed by atoms with Crippen molar-refractivity contribution in [1.29, 1.82) is 0 Å². The molecule has 14 heavy (non-hydrogen) atoms. The first kappa shape index (κ1) is 8.99. The van der Waals surface area contributed by atoms with Gasteiger partial charge in [0.05, 0.1) is 17.3 Å². The lowest BCUT2D eigenvalue weighted by atomic mass is 9.84. The molecule has 0 aromatic carbocycles. The van der Waals surface area contributed by atoms with E-state index in [9.17, 15) is 0 Å². The van der Waals surface area contributed by atoms with Crippen LogP contribution in [0.2, 0.25) is 0 Å². The molecule has 2 aromatic heterocycles. The monoisotopic (exact) mass is 191 g/mol. The van der Waals surface area contributed by atoms with E-state index in [0.29, 0.717) is 0 Å². The fraction of sp³-hybridized carbons (Fsp3) is 0.400. The SMILES string of the molecule is CCC(C)(c1ccn[nH]1)c1ncco1. The van der Waals surface area contributed by atoms with Crippen molar-refractivity contribution in [2.45, 2.75) is 25.7 Å². The summed E-state index contributed by atoms with van der Waals surface area (Å²) in [6.45, 7) is 4.19. The maximum absolute atomic E-state index is 5.35. The minimum atomic E-state index is -0.208. The third-order valence-corrected chi connectivity index (χ3v) is 2.71. The van der Waals surface area contributed by atoms with Crippen LogP contribution in [-0.2, 0) is 5.41 Å². The summed E-state index contributed by atoms with van der Waals surface area (Å²) in [5.41, 5.74) is 0.822. The van der Waals surface area contributed by atoms with E-state index in [2.05, 4.69) is 29.0 Å². The van der Waals surface area contributed by atoms with Gasteiger partial charge in [0.25, 0.3) is 0 Å². The molecule has 2 rings (SSSR count). The summed E-state index contributed by atoms with van der Waals surface area (Å²) in [4.78, 5) is 4.20. The standard InChI is InChI=1S/C10H13N3O/c1-3-10(2,8-4-5-12-13-8)9-11-6-7-14-9/h4-7H,3H2,1-2H3,(H,12,13). The number of hydrogen-bond donors (Lipinski definition) is 1. The van der Waals surface area contributed by atoms with E-state index >= 15 is 0 Å². The first-order valence-corrected chi connectivity index (χ1v) is 4.67. The van der Waals surface area contributed by atoms with Crippen molar-refractivity contribution in [3.05, 3.63) is 36.3 Å². The van der Waals surface area contributed by atoms with Crippen molar-refractivity contribution in [2.75, 3.05) is 0 Å². The Hall–Kier alpha value is -1.58. The van der Waals surface area contributed by atoms with E-state index in [-0.39, 0.29) is 5.41 Å². The van der Waals surface area contributed by atoms with Gasteiger partial charge in [-0.1, -0.05) is 6.92 Å². The van der Waals surface area contributed by atoms with Crippen LogP contribution in [0.3, 0.4) is 0 Å². The fourth-order valence-electron chi connectivity index (χ4n) is 1.52. The fourth-order valence-corrected chi connectivity index (χ4v) is 1.52. The molecule has 74 valence electrons. The van der Waals surface area contributed by atoms with E-state index < -0.39 is 0 Å². The first-order chi connectivity index (χ1) is 6.77. The molecule has 4 heteroatoms.